The molecule has 130 valence electrons. The van der Waals surface area contributed by atoms with Crippen LogP contribution in [0, 0.1) is 5.82 Å². The molecule has 2 aromatic heterocycles. The van der Waals surface area contributed by atoms with E-state index in [1.807, 2.05) is 54.6 Å². The Hall–Kier alpha value is -3.73. The normalized spacial score (nSPS) is 11.1. The van der Waals surface area contributed by atoms with E-state index in [9.17, 15) is 4.39 Å². The molecule has 0 saturated heterocycles. The molecule has 0 amide bonds. The number of hydrogen-bond acceptors (Lipinski definition) is 4. The second-order valence-electron chi connectivity index (χ2n) is 6.17. The van der Waals surface area contributed by atoms with Crippen LogP contribution in [0.25, 0.3) is 33.3 Å². The molecule has 0 saturated carbocycles. The SMILES string of the molecule is Fc1ccc(Nc2nc(-c3ccccc3)c3oc4ccccc4c3n2)cc1. The molecule has 0 aliphatic carbocycles. The zero-order valence-electron chi connectivity index (χ0n) is 14.2. The topological polar surface area (TPSA) is 51.0 Å². The van der Waals surface area contributed by atoms with Gasteiger partial charge in [0.05, 0.1) is 0 Å². The van der Waals surface area contributed by atoms with Crippen molar-refractivity contribution in [1.29, 1.82) is 0 Å². The van der Waals surface area contributed by atoms with Crippen LogP contribution in [-0.4, -0.2) is 9.97 Å². The Morgan fingerprint density at radius 2 is 1.52 bits per heavy atom. The van der Waals surface area contributed by atoms with Crippen LogP contribution in [0.2, 0.25) is 0 Å². The van der Waals surface area contributed by atoms with Crippen molar-refractivity contribution in [3.05, 3.63) is 84.7 Å². The van der Waals surface area contributed by atoms with Gasteiger partial charge in [0, 0.05) is 16.6 Å². The highest BCUT2D eigenvalue weighted by atomic mass is 19.1. The van der Waals surface area contributed by atoms with Crippen molar-refractivity contribution in [1.82, 2.24) is 9.97 Å². The van der Waals surface area contributed by atoms with Crippen LogP contribution in [-0.2, 0) is 0 Å². The summed E-state index contributed by atoms with van der Waals surface area (Å²) in [6.07, 6.45) is 0. The van der Waals surface area contributed by atoms with Crippen LogP contribution in [0.1, 0.15) is 0 Å². The lowest BCUT2D eigenvalue weighted by Gasteiger charge is -2.08. The molecule has 0 aliphatic rings. The Bertz CT molecular complexity index is 1250. The van der Waals surface area contributed by atoms with Gasteiger partial charge in [-0.3, -0.25) is 0 Å². The highest BCUT2D eigenvalue weighted by molar-refractivity contribution is 6.06. The van der Waals surface area contributed by atoms with E-state index in [1.54, 1.807) is 12.1 Å². The van der Waals surface area contributed by atoms with Crippen LogP contribution >= 0.6 is 0 Å². The fraction of sp³-hybridized carbons (Fsp3) is 0. The first-order valence-corrected chi connectivity index (χ1v) is 8.55. The van der Waals surface area contributed by atoms with Crippen LogP contribution in [0.15, 0.2) is 83.3 Å². The first-order valence-electron chi connectivity index (χ1n) is 8.55. The second kappa shape index (κ2) is 6.21. The molecular weight excluding hydrogens is 341 g/mol. The van der Waals surface area contributed by atoms with E-state index in [2.05, 4.69) is 15.3 Å². The van der Waals surface area contributed by atoms with E-state index in [4.69, 9.17) is 4.42 Å². The molecule has 0 spiro atoms. The predicted molar refractivity (Wildman–Crippen MR) is 104 cm³/mol. The Labute approximate surface area is 154 Å². The maximum atomic E-state index is 13.2. The summed E-state index contributed by atoms with van der Waals surface area (Å²) in [5.41, 5.74) is 4.50. The summed E-state index contributed by atoms with van der Waals surface area (Å²) in [6.45, 7) is 0. The minimum Gasteiger partial charge on any atom is -0.452 e. The second-order valence-corrected chi connectivity index (χ2v) is 6.17. The molecule has 5 heteroatoms. The Balaban J connectivity index is 1.74. The van der Waals surface area contributed by atoms with Gasteiger partial charge in [0.1, 0.15) is 22.6 Å². The summed E-state index contributed by atoms with van der Waals surface area (Å²) in [4.78, 5) is 9.33. The standard InChI is InChI=1S/C22H14FN3O/c23-15-10-12-16(13-11-15)24-22-25-19(14-6-2-1-3-7-14)21-20(26-22)17-8-4-5-9-18(17)27-21/h1-13H,(H,24,25,26). The zero-order valence-corrected chi connectivity index (χ0v) is 14.2. The van der Waals surface area contributed by atoms with Gasteiger partial charge < -0.3 is 9.73 Å². The monoisotopic (exact) mass is 355 g/mol. The van der Waals surface area contributed by atoms with E-state index in [0.29, 0.717) is 22.9 Å². The lowest BCUT2D eigenvalue weighted by Crippen LogP contribution is -1.99. The van der Waals surface area contributed by atoms with Crippen molar-refractivity contribution in [3.63, 3.8) is 0 Å². The first kappa shape index (κ1) is 15.5. The highest BCUT2D eigenvalue weighted by Crippen LogP contribution is 2.34. The largest absolute Gasteiger partial charge is 0.452 e. The molecule has 2 heterocycles. The molecule has 5 aromatic rings. The van der Waals surface area contributed by atoms with Crippen LogP contribution in [0.5, 0.6) is 0 Å². The smallest absolute Gasteiger partial charge is 0.228 e. The number of halogens is 1. The van der Waals surface area contributed by atoms with E-state index < -0.39 is 0 Å². The molecule has 4 nitrogen and oxygen atoms in total. The molecule has 0 unspecified atom stereocenters. The highest BCUT2D eigenvalue weighted by Gasteiger charge is 2.17. The number of aromatic nitrogens is 2. The van der Waals surface area contributed by atoms with Gasteiger partial charge >= 0.3 is 0 Å². The average molecular weight is 355 g/mol. The molecule has 5 rings (SSSR count). The van der Waals surface area contributed by atoms with Crippen molar-refractivity contribution in [2.75, 3.05) is 5.32 Å². The van der Waals surface area contributed by atoms with Crippen molar-refractivity contribution in [3.8, 4) is 11.3 Å². The Kier molecular flexibility index (Phi) is 3.57. The van der Waals surface area contributed by atoms with Crippen molar-refractivity contribution >= 4 is 33.7 Å². The van der Waals surface area contributed by atoms with Gasteiger partial charge in [-0.1, -0.05) is 42.5 Å². The van der Waals surface area contributed by atoms with Crippen LogP contribution in [0.3, 0.4) is 0 Å². The lowest BCUT2D eigenvalue weighted by atomic mass is 10.1. The maximum absolute atomic E-state index is 13.2. The quantitative estimate of drug-likeness (QED) is 0.436. The van der Waals surface area contributed by atoms with E-state index >= 15 is 0 Å². The van der Waals surface area contributed by atoms with E-state index in [0.717, 1.165) is 22.0 Å². The fourth-order valence-corrected chi connectivity index (χ4v) is 3.10. The average Bonchev–Trinajstić information content (AvgIpc) is 3.09. The van der Waals surface area contributed by atoms with Gasteiger partial charge in [0.2, 0.25) is 5.95 Å². The van der Waals surface area contributed by atoms with Crippen molar-refractivity contribution in [2.24, 2.45) is 0 Å². The number of para-hydroxylation sites is 1. The minimum atomic E-state index is -0.289. The van der Waals surface area contributed by atoms with Gasteiger partial charge in [-0.25, -0.2) is 14.4 Å². The zero-order chi connectivity index (χ0) is 18.2. The number of nitrogens with one attached hydrogen (secondary N) is 1. The van der Waals surface area contributed by atoms with Gasteiger partial charge in [-0.15, -0.1) is 0 Å². The number of benzene rings is 3. The number of anilines is 2. The van der Waals surface area contributed by atoms with Gasteiger partial charge in [-0.05, 0) is 36.4 Å². The molecular formula is C22H14FN3O. The summed E-state index contributed by atoms with van der Waals surface area (Å²) in [5, 5.41) is 4.08. The molecule has 0 aliphatic heterocycles. The van der Waals surface area contributed by atoms with Gasteiger partial charge in [-0.2, -0.15) is 0 Å². The fourth-order valence-electron chi connectivity index (χ4n) is 3.10. The third kappa shape index (κ3) is 2.79. The Morgan fingerprint density at radius 1 is 0.778 bits per heavy atom. The van der Waals surface area contributed by atoms with E-state index in [-0.39, 0.29) is 5.82 Å². The predicted octanol–water partition coefficient (Wildman–Crippen LogP) is 5.93. The summed E-state index contributed by atoms with van der Waals surface area (Å²) >= 11 is 0. The van der Waals surface area contributed by atoms with E-state index in [1.165, 1.54) is 12.1 Å². The summed E-state index contributed by atoms with van der Waals surface area (Å²) in [5.74, 6) is 0.141. The number of fused-ring (bicyclic) bond motifs is 3. The third-order valence-corrected chi connectivity index (χ3v) is 4.37. The van der Waals surface area contributed by atoms with Gasteiger partial charge in [0.15, 0.2) is 5.58 Å². The summed E-state index contributed by atoms with van der Waals surface area (Å²) in [7, 11) is 0. The van der Waals surface area contributed by atoms with Crippen molar-refractivity contribution in [2.45, 2.75) is 0 Å². The van der Waals surface area contributed by atoms with Crippen molar-refractivity contribution < 1.29 is 8.81 Å². The lowest BCUT2D eigenvalue weighted by molar-refractivity contribution is 0.628. The van der Waals surface area contributed by atoms with Crippen LogP contribution in [0.4, 0.5) is 16.0 Å². The number of rotatable bonds is 3. The summed E-state index contributed by atoms with van der Waals surface area (Å²) in [6, 6.07) is 23.7. The van der Waals surface area contributed by atoms with Crippen LogP contribution < -0.4 is 5.32 Å². The Morgan fingerprint density at radius 3 is 2.33 bits per heavy atom. The summed E-state index contributed by atoms with van der Waals surface area (Å²) < 4.78 is 19.2. The number of hydrogen-bond donors (Lipinski definition) is 1. The molecule has 0 atom stereocenters. The molecule has 3 aromatic carbocycles. The molecule has 0 fully saturated rings. The molecule has 0 radical (unpaired) electrons. The molecule has 0 bridgehead atoms. The first-order chi connectivity index (χ1) is 13.3. The minimum absolute atomic E-state index is 0.289. The maximum Gasteiger partial charge on any atom is 0.228 e. The number of nitrogens with zero attached hydrogens (tertiary/aromatic N) is 2. The van der Waals surface area contributed by atoms with Gasteiger partial charge in [0.25, 0.3) is 0 Å². The number of furan rings is 1. The third-order valence-electron chi connectivity index (χ3n) is 4.37. The molecule has 27 heavy (non-hydrogen) atoms. The molecule has 1 N–H and O–H groups in total.